The lowest BCUT2D eigenvalue weighted by atomic mass is 10.1. The van der Waals surface area contributed by atoms with Crippen LogP contribution >= 0.6 is 0 Å². The first-order chi connectivity index (χ1) is 7.59. The van der Waals surface area contributed by atoms with E-state index < -0.39 is 0 Å². The normalized spacial score (nSPS) is 21.2. The van der Waals surface area contributed by atoms with Crippen molar-refractivity contribution in [2.45, 2.75) is 25.8 Å². The van der Waals surface area contributed by atoms with E-state index in [1.165, 1.54) is 0 Å². The van der Waals surface area contributed by atoms with Gasteiger partial charge in [0.05, 0.1) is 11.8 Å². The molecule has 1 fully saturated rings. The molecule has 1 aromatic rings. The Hall–Kier alpha value is -1.36. The molecule has 1 aromatic heterocycles. The second-order valence-corrected chi connectivity index (χ2v) is 4.42. The SMILES string of the molecule is Cc1c(C(=O)N2CCC[C@@H](N)C2)cnn1C. The molecule has 1 aliphatic rings. The van der Waals surface area contributed by atoms with E-state index in [0.717, 1.165) is 25.1 Å². The molecular formula is C11H18N4O. The summed E-state index contributed by atoms with van der Waals surface area (Å²) in [6.07, 6.45) is 3.64. The first-order valence-electron chi connectivity index (χ1n) is 5.63. The Morgan fingerprint density at radius 3 is 2.94 bits per heavy atom. The van der Waals surface area contributed by atoms with E-state index >= 15 is 0 Å². The van der Waals surface area contributed by atoms with Gasteiger partial charge in [0.2, 0.25) is 0 Å². The molecule has 0 aliphatic carbocycles. The van der Waals surface area contributed by atoms with E-state index in [1.54, 1.807) is 10.9 Å². The summed E-state index contributed by atoms with van der Waals surface area (Å²) in [4.78, 5) is 14.0. The topological polar surface area (TPSA) is 64.2 Å². The molecule has 0 radical (unpaired) electrons. The molecule has 1 aliphatic heterocycles. The van der Waals surface area contributed by atoms with E-state index in [2.05, 4.69) is 5.10 Å². The first kappa shape index (κ1) is 11.1. The zero-order valence-corrected chi connectivity index (χ0v) is 9.81. The minimum atomic E-state index is 0.0563. The highest BCUT2D eigenvalue weighted by Crippen LogP contribution is 2.14. The van der Waals surface area contributed by atoms with Gasteiger partial charge in [-0.2, -0.15) is 5.10 Å². The number of likely N-dealkylation sites (tertiary alicyclic amines) is 1. The number of aryl methyl sites for hydroxylation is 1. The lowest BCUT2D eigenvalue weighted by molar-refractivity contribution is 0.0708. The fraction of sp³-hybridized carbons (Fsp3) is 0.636. The Balaban J connectivity index is 2.15. The first-order valence-corrected chi connectivity index (χ1v) is 5.63. The molecule has 16 heavy (non-hydrogen) atoms. The lowest BCUT2D eigenvalue weighted by Gasteiger charge is -2.30. The van der Waals surface area contributed by atoms with E-state index in [1.807, 2.05) is 18.9 Å². The van der Waals surface area contributed by atoms with E-state index in [4.69, 9.17) is 5.73 Å². The predicted molar refractivity (Wildman–Crippen MR) is 61.1 cm³/mol. The molecule has 2 heterocycles. The molecule has 0 aromatic carbocycles. The van der Waals surface area contributed by atoms with Crippen molar-refractivity contribution in [1.29, 1.82) is 0 Å². The third kappa shape index (κ3) is 1.95. The molecule has 1 atom stereocenters. The highest BCUT2D eigenvalue weighted by molar-refractivity contribution is 5.95. The standard InChI is InChI=1S/C11H18N4O/c1-8-10(6-13-14(8)2)11(16)15-5-3-4-9(12)7-15/h6,9H,3-5,7,12H2,1-2H3/t9-/m1/s1. The Morgan fingerprint density at radius 1 is 1.62 bits per heavy atom. The summed E-state index contributed by atoms with van der Waals surface area (Å²) in [7, 11) is 1.84. The molecule has 0 bridgehead atoms. The van der Waals surface area contributed by atoms with Gasteiger partial charge in [-0.1, -0.05) is 0 Å². The van der Waals surface area contributed by atoms with E-state index in [0.29, 0.717) is 12.1 Å². The number of aromatic nitrogens is 2. The number of rotatable bonds is 1. The third-order valence-electron chi connectivity index (χ3n) is 3.21. The average molecular weight is 222 g/mol. The van der Waals surface area contributed by atoms with Crippen LogP contribution in [-0.4, -0.2) is 39.7 Å². The van der Waals surface area contributed by atoms with Crippen molar-refractivity contribution in [3.8, 4) is 0 Å². The number of hydrogen-bond acceptors (Lipinski definition) is 3. The van der Waals surface area contributed by atoms with Crippen LogP contribution < -0.4 is 5.73 Å². The minimum absolute atomic E-state index is 0.0563. The van der Waals surface area contributed by atoms with Gasteiger partial charge in [-0.3, -0.25) is 9.48 Å². The molecule has 0 spiro atoms. The Bertz CT molecular complexity index is 399. The van der Waals surface area contributed by atoms with Gasteiger partial charge in [-0.05, 0) is 19.8 Å². The van der Waals surface area contributed by atoms with Gasteiger partial charge < -0.3 is 10.6 Å². The summed E-state index contributed by atoms with van der Waals surface area (Å²) in [6.45, 7) is 3.37. The molecule has 0 saturated carbocycles. The highest BCUT2D eigenvalue weighted by Gasteiger charge is 2.24. The molecule has 5 heteroatoms. The molecule has 1 amide bonds. The number of carbonyl (C=O) groups is 1. The molecular weight excluding hydrogens is 204 g/mol. The summed E-state index contributed by atoms with van der Waals surface area (Å²) in [5.41, 5.74) is 7.47. The summed E-state index contributed by atoms with van der Waals surface area (Å²) in [5.74, 6) is 0.0563. The van der Waals surface area contributed by atoms with Crippen LogP contribution in [0.25, 0.3) is 0 Å². The maximum absolute atomic E-state index is 12.2. The lowest BCUT2D eigenvalue weighted by Crippen LogP contribution is -2.45. The van der Waals surface area contributed by atoms with Gasteiger partial charge in [0.15, 0.2) is 0 Å². The quantitative estimate of drug-likeness (QED) is 0.743. The van der Waals surface area contributed by atoms with Crippen LogP contribution in [0.1, 0.15) is 28.9 Å². The number of carbonyl (C=O) groups excluding carboxylic acids is 1. The fourth-order valence-electron chi connectivity index (χ4n) is 2.07. The van der Waals surface area contributed by atoms with Crippen molar-refractivity contribution >= 4 is 5.91 Å². The third-order valence-corrected chi connectivity index (χ3v) is 3.21. The zero-order valence-electron chi connectivity index (χ0n) is 9.81. The monoisotopic (exact) mass is 222 g/mol. The number of nitrogens with two attached hydrogens (primary N) is 1. The summed E-state index contributed by atoms with van der Waals surface area (Å²) in [6, 6.07) is 0.120. The van der Waals surface area contributed by atoms with E-state index in [9.17, 15) is 4.79 Å². The van der Waals surface area contributed by atoms with E-state index in [-0.39, 0.29) is 11.9 Å². The summed E-state index contributed by atoms with van der Waals surface area (Å²) < 4.78 is 1.72. The van der Waals surface area contributed by atoms with Crippen molar-refractivity contribution in [3.05, 3.63) is 17.5 Å². The van der Waals surface area contributed by atoms with Crippen molar-refractivity contribution in [2.75, 3.05) is 13.1 Å². The van der Waals surface area contributed by atoms with Gasteiger partial charge in [-0.15, -0.1) is 0 Å². The van der Waals surface area contributed by atoms with Gasteiger partial charge in [-0.25, -0.2) is 0 Å². The Morgan fingerprint density at radius 2 is 2.38 bits per heavy atom. The van der Waals surface area contributed by atoms with Crippen LogP contribution in [0.15, 0.2) is 6.20 Å². The molecule has 0 unspecified atom stereocenters. The number of piperidine rings is 1. The molecule has 1 saturated heterocycles. The number of nitrogens with zero attached hydrogens (tertiary/aromatic N) is 3. The van der Waals surface area contributed by atoms with Crippen molar-refractivity contribution in [1.82, 2.24) is 14.7 Å². The molecule has 5 nitrogen and oxygen atoms in total. The van der Waals surface area contributed by atoms with Gasteiger partial charge in [0.25, 0.3) is 5.91 Å². The molecule has 2 N–H and O–H groups in total. The summed E-state index contributed by atoms with van der Waals surface area (Å²) in [5, 5.41) is 4.09. The maximum Gasteiger partial charge on any atom is 0.257 e. The van der Waals surface area contributed by atoms with Gasteiger partial charge in [0.1, 0.15) is 0 Å². The second-order valence-electron chi connectivity index (χ2n) is 4.42. The number of amides is 1. The Kier molecular flexibility index (Phi) is 2.96. The van der Waals surface area contributed by atoms with Gasteiger partial charge in [0, 0.05) is 31.9 Å². The van der Waals surface area contributed by atoms with Crippen LogP contribution in [0.4, 0.5) is 0 Å². The predicted octanol–water partition coefficient (Wildman–Crippen LogP) is 0.292. The maximum atomic E-state index is 12.2. The van der Waals surface area contributed by atoms with Crippen molar-refractivity contribution in [2.24, 2.45) is 12.8 Å². The van der Waals surface area contributed by atoms with Crippen LogP contribution in [-0.2, 0) is 7.05 Å². The smallest absolute Gasteiger partial charge is 0.257 e. The van der Waals surface area contributed by atoms with Crippen LogP contribution in [0.5, 0.6) is 0 Å². The van der Waals surface area contributed by atoms with Crippen LogP contribution in [0.2, 0.25) is 0 Å². The zero-order chi connectivity index (χ0) is 11.7. The molecule has 88 valence electrons. The fourth-order valence-corrected chi connectivity index (χ4v) is 2.07. The average Bonchev–Trinajstić information content (AvgIpc) is 2.59. The number of hydrogen-bond donors (Lipinski definition) is 1. The van der Waals surface area contributed by atoms with Crippen LogP contribution in [0.3, 0.4) is 0 Å². The Labute approximate surface area is 95.2 Å². The second kappa shape index (κ2) is 4.25. The van der Waals surface area contributed by atoms with Crippen LogP contribution in [0, 0.1) is 6.92 Å². The van der Waals surface area contributed by atoms with Gasteiger partial charge >= 0.3 is 0 Å². The largest absolute Gasteiger partial charge is 0.337 e. The molecule has 2 rings (SSSR count). The van der Waals surface area contributed by atoms with Crippen molar-refractivity contribution < 1.29 is 4.79 Å². The van der Waals surface area contributed by atoms with Crippen molar-refractivity contribution in [3.63, 3.8) is 0 Å². The summed E-state index contributed by atoms with van der Waals surface area (Å²) >= 11 is 0. The highest BCUT2D eigenvalue weighted by atomic mass is 16.2. The minimum Gasteiger partial charge on any atom is -0.337 e.